The molecule has 3 N–H and O–H groups in total. The highest BCUT2D eigenvalue weighted by atomic mass is 79.9. The summed E-state index contributed by atoms with van der Waals surface area (Å²) in [6.07, 6.45) is 4.83. The normalized spacial score (nSPS) is 10.5. The van der Waals surface area contributed by atoms with Gasteiger partial charge >= 0.3 is 0 Å². The molecule has 0 amide bonds. The van der Waals surface area contributed by atoms with Gasteiger partial charge in [-0.25, -0.2) is 0 Å². The number of aromatic nitrogens is 3. The minimum Gasteiger partial charge on any atom is -0.357 e. The third kappa shape index (κ3) is 5.96. The molecule has 1 aromatic carbocycles. The van der Waals surface area contributed by atoms with Gasteiger partial charge in [0.2, 0.25) is 17.8 Å². The molecule has 2 aromatic rings. The molecule has 0 unspecified atom stereocenters. The molecule has 2 rings (SSSR count). The second kappa shape index (κ2) is 10.1. The lowest BCUT2D eigenvalue weighted by atomic mass is 10.2. The first-order chi connectivity index (χ1) is 11.7. The largest absolute Gasteiger partial charge is 0.357 e. The fourth-order valence-corrected chi connectivity index (χ4v) is 2.58. The quantitative estimate of drug-likeness (QED) is 0.406. The highest BCUT2D eigenvalue weighted by molar-refractivity contribution is 9.08. The maximum Gasteiger partial charge on any atom is 0.233 e. The number of hydrogen-bond donors (Lipinski definition) is 3. The summed E-state index contributed by atoms with van der Waals surface area (Å²) in [5.74, 6) is 1.65. The van der Waals surface area contributed by atoms with E-state index in [1.54, 1.807) is 7.05 Å². The van der Waals surface area contributed by atoms with Crippen LogP contribution in [0.3, 0.4) is 0 Å². The van der Waals surface area contributed by atoms with Gasteiger partial charge in [0.1, 0.15) is 0 Å². The van der Waals surface area contributed by atoms with E-state index in [1.165, 1.54) is 24.8 Å². The van der Waals surface area contributed by atoms with Crippen molar-refractivity contribution in [1.29, 1.82) is 0 Å². The van der Waals surface area contributed by atoms with Gasteiger partial charge in [-0.1, -0.05) is 54.2 Å². The highest BCUT2D eigenvalue weighted by Gasteiger charge is 2.06. The van der Waals surface area contributed by atoms with Crippen molar-refractivity contribution in [2.24, 2.45) is 0 Å². The van der Waals surface area contributed by atoms with Crippen molar-refractivity contribution in [1.82, 2.24) is 15.0 Å². The van der Waals surface area contributed by atoms with Crippen LogP contribution in [0.5, 0.6) is 0 Å². The lowest BCUT2D eigenvalue weighted by Crippen LogP contribution is -2.10. The fraction of sp³-hybridized carbons (Fsp3) is 0.471. The van der Waals surface area contributed by atoms with Gasteiger partial charge in [-0.15, -0.1) is 0 Å². The van der Waals surface area contributed by atoms with Crippen molar-refractivity contribution in [2.75, 3.05) is 29.5 Å². The molecule has 1 aromatic heterocycles. The summed E-state index contributed by atoms with van der Waals surface area (Å²) >= 11 is 3.47. The molecule has 24 heavy (non-hydrogen) atoms. The lowest BCUT2D eigenvalue weighted by molar-refractivity contribution is 0.683. The molecule has 0 aliphatic carbocycles. The molecule has 0 atom stereocenters. The van der Waals surface area contributed by atoms with Crippen molar-refractivity contribution < 1.29 is 0 Å². The monoisotopic (exact) mass is 392 g/mol. The van der Waals surface area contributed by atoms with Gasteiger partial charge in [0, 0.05) is 24.6 Å². The van der Waals surface area contributed by atoms with Crippen LogP contribution in [-0.4, -0.2) is 28.5 Å². The third-order valence-corrected chi connectivity index (χ3v) is 4.16. The Balaban J connectivity index is 2.04. The lowest BCUT2D eigenvalue weighted by Gasteiger charge is -2.10. The topological polar surface area (TPSA) is 74.8 Å². The van der Waals surface area contributed by atoms with E-state index in [-0.39, 0.29) is 0 Å². The first-order valence-electron chi connectivity index (χ1n) is 8.34. The third-order valence-electron chi connectivity index (χ3n) is 3.51. The number of hydrogen-bond acceptors (Lipinski definition) is 6. The fourth-order valence-electron chi connectivity index (χ4n) is 2.24. The van der Waals surface area contributed by atoms with Gasteiger partial charge in [-0.2, -0.15) is 15.0 Å². The summed E-state index contributed by atoms with van der Waals surface area (Å²) < 4.78 is 0. The van der Waals surface area contributed by atoms with Crippen LogP contribution in [0.2, 0.25) is 0 Å². The van der Waals surface area contributed by atoms with E-state index >= 15 is 0 Å². The Hall–Kier alpha value is -1.89. The Kier molecular flexibility index (Phi) is 7.74. The van der Waals surface area contributed by atoms with E-state index in [9.17, 15) is 0 Å². The molecule has 0 saturated heterocycles. The molecular formula is C17H25BrN6. The Bertz CT molecular complexity index is 634. The first kappa shape index (κ1) is 18.4. The smallest absolute Gasteiger partial charge is 0.233 e. The van der Waals surface area contributed by atoms with Crippen LogP contribution in [0, 0.1) is 0 Å². The van der Waals surface area contributed by atoms with Gasteiger partial charge in [0.05, 0.1) is 0 Å². The molecule has 0 bridgehead atoms. The molecule has 1 heterocycles. The zero-order valence-electron chi connectivity index (χ0n) is 14.3. The molecule has 130 valence electrons. The second-order valence-corrected chi connectivity index (χ2v) is 6.06. The Morgan fingerprint density at radius 2 is 1.79 bits per heavy atom. The van der Waals surface area contributed by atoms with Crippen molar-refractivity contribution in [3.8, 4) is 0 Å². The molecule has 0 aliphatic rings. The number of rotatable bonds is 10. The molecule has 0 fully saturated rings. The van der Waals surface area contributed by atoms with Crippen LogP contribution < -0.4 is 16.0 Å². The highest BCUT2D eigenvalue weighted by Crippen LogP contribution is 2.18. The number of nitrogens with zero attached hydrogens (tertiary/aromatic N) is 3. The summed E-state index contributed by atoms with van der Waals surface area (Å²) in [5, 5.41) is 10.3. The predicted octanol–water partition coefficient (Wildman–Crippen LogP) is 4.54. The summed E-state index contributed by atoms with van der Waals surface area (Å²) in [7, 11) is 1.80. The minimum absolute atomic E-state index is 0.525. The van der Waals surface area contributed by atoms with E-state index in [2.05, 4.69) is 65.9 Å². The summed E-state index contributed by atoms with van der Waals surface area (Å²) in [6.45, 7) is 3.08. The van der Waals surface area contributed by atoms with Gasteiger partial charge < -0.3 is 16.0 Å². The summed E-state index contributed by atoms with van der Waals surface area (Å²) in [5.41, 5.74) is 2.14. The SMILES string of the molecule is CCCCCCNc1nc(NC)nc(Nc2cccc(CBr)c2)n1. The number of benzene rings is 1. The Labute approximate surface area is 152 Å². The van der Waals surface area contributed by atoms with Gasteiger partial charge in [0.25, 0.3) is 0 Å². The number of alkyl halides is 1. The zero-order chi connectivity index (χ0) is 17.2. The minimum atomic E-state index is 0.525. The average Bonchev–Trinajstić information content (AvgIpc) is 2.61. The maximum absolute atomic E-state index is 4.45. The van der Waals surface area contributed by atoms with E-state index in [0.29, 0.717) is 17.8 Å². The summed E-state index contributed by atoms with van der Waals surface area (Å²) in [6, 6.07) is 8.13. The van der Waals surface area contributed by atoms with E-state index in [0.717, 1.165) is 24.0 Å². The zero-order valence-corrected chi connectivity index (χ0v) is 15.9. The molecule has 0 spiro atoms. The van der Waals surface area contributed by atoms with E-state index in [4.69, 9.17) is 0 Å². The van der Waals surface area contributed by atoms with Crippen LogP contribution in [0.25, 0.3) is 0 Å². The molecule has 0 aliphatic heterocycles. The molecule has 7 heteroatoms. The van der Waals surface area contributed by atoms with Crippen molar-refractivity contribution in [3.63, 3.8) is 0 Å². The van der Waals surface area contributed by atoms with E-state index in [1.807, 2.05) is 12.1 Å². The standard InChI is InChI=1S/C17H25BrN6/c1-3-4-5-6-10-20-16-22-15(19-2)23-17(24-16)21-14-9-7-8-13(11-14)12-18/h7-9,11H,3-6,10,12H2,1-2H3,(H3,19,20,21,22,23,24). The first-order valence-corrected chi connectivity index (χ1v) is 9.47. The van der Waals surface area contributed by atoms with Crippen molar-refractivity contribution >= 4 is 39.5 Å². The second-order valence-electron chi connectivity index (χ2n) is 5.50. The van der Waals surface area contributed by atoms with Gasteiger partial charge in [-0.3, -0.25) is 0 Å². The average molecular weight is 393 g/mol. The molecule has 0 radical (unpaired) electrons. The number of halogens is 1. The Morgan fingerprint density at radius 3 is 2.54 bits per heavy atom. The van der Waals surface area contributed by atoms with Crippen molar-refractivity contribution in [3.05, 3.63) is 29.8 Å². The maximum atomic E-state index is 4.45. The predicted molar refractivity (Wildman–Crippen MR) is 104 cm³/mol. The van der Waals surface area contributed by atoms with Crippen molar-refractivity contribution in [2.45, 2.75) is 37.9 Å². The van der Waals surface area contributed by atoms with Gasteiger partial charge in [-0.05, 0) is 24.1 Å². The van der Waals surface area contributed by atoms with Crippen LogP contribution in [-0.2, 0) is 5.33 Å². The van der Waals surface area contributed by atoms with Crippen LogP contribution in [0.15, 0.2) is 24.3 Å². The molecular weight excluding hydrogens is 368 g/mol. The van der Waals surface area contributed by atoms with Crippen LogP contribution in [0.1, 0.15) is 38.2 Å². The molecule has 6 nitrogen and oxygen atoms in total. The number of anilines is 4. The van der Waals surface area contributed by atoms with Gasteiger partial charge in [0.15, 0.2) is 0 Å². The number of nitrogens with one attached hydrogen (secondary N) is 3. The summed E-state index contributed by atoms with van der Waals surface area (Å²) in [4.78, 5) is 13.2. The number of unbranched alkanes of at least 4 members (excludes halogenated alkanes) is 3. The van der Waals surface area contributed by atoms with Crippen LogP contribution in [0.4, 0.5) is 23.5 Å². The molecule has 0 saturated carbocycles. The Morgan fingerprint density at radius 1 is 1.00 bits per heavy atom. The van der Waals surface area contributed by atoms with Crippen LogP contribution >= 0.6 is 15.9 Å². The van der Waals surface area contributed by atoms with E-state index < -0.39 is 0 Å².